The summed E-state index contributed by atoms with van der Waals surface area (Å²) in [6.45, 7) is 1.99. The van der Waals surface area contributed by atoms with Crippen LogP contribution in [0.2, 0.25) is 0 Å². The van der Waals surface area contributed by atoms with Gasteiger partial charge < -0.3 is 16.7 Å². The van der Waals surface area contributed by atoms with Crippen LogP contribution in [0.4, 0.5) is 0 Å². The van der Waals surface area contributed by atoms with Crippen LogP contribution >= 0.6 is 11.8 Å². The molecule has 202 valence electrons. The SMILES string of the molecule is CSCCC(NC(=O)c1ccc(/C=C/C2=CNN(Oc3ccccc3)C=C2)cc1-c1ccccc1C)C(=O)O.[H-].[Li+]. The number of allylic oxidation sites excluding steroid dienone is 3. The normalized spacial score (nSPS) is 13.2. The van der Waals surface area contributed by atoms with Crippen LogP contribution < -0.4 is 34.4 Å². The summed E-state index contributed by atoms with van der Waals surface area (Å²) >= 11 is 1.55. The van der Waals surface area contributed by atoms with E-state index in [1.54, 1.807) is 24.0 Å². The van der Waals surface area contributed by atoms with Gasteiger partial charge in [-0.3, -0.25) is 10.2 Å². The Labute approximate surface area is 252 Å². The predicted octanol–water partition coefficient (Wildman–Crippen LogP) is 2.94. The molecular weight excluding hydrogens is 517 g/mol. The second kappa shape index (κ2) is 15.1. The van der Waals surface area contributed by atoms with Gasteiger partial charge >= 0.3 is 24.8 Å². The Bertz CT molecular complexity index is 1420. The van der Waals surface area contributed by atoms with E-state index in [0.29, 0.717) is 23.5 Å². The van der Waals surface area contributed by atoms with Crippen molar-refractivity contribution in [2.45, 2.75) is 19.4 Å². The van der Waals surface area contributed by atoms with Gasteiger partial charge in [0, 0.05) is 11.8 Å². The van der Waals surface area contributed by atoms with Crippen LogP contribution in [0.25, 0.3) is 17.2 Å². The minimum absolute atomic E-state index is 0. The molecule has 1 heterocycles. The monoisotopic (exact) mass is 549 g/mol. The minimum atomic E-state index is -1.04. The molecule has 0 aromatic heterocycles. The zero-order chi connectivity index (χ0) is 27.6. The Hall–Kier alpha value is -3.83. The summed E-state index contributed by atoms with van der Waals surface area (Å²) in [5.41, 5.74) is 8.02. The third kappa shape index (κ3) is 8.33. The average Bonchev–Trinajstić information content (AvgIpc) is 2.95. The number of hydrogen-bond acceptors (Lipinski definition) is 6. The number of hydrogen-bond donors (Lipinski definition) is 3. The van der Waals surface area contributed by atoms with Gasteiger partial charge in [0.25, 0.3) is 5.91 Å². The number of aryl methyl sites for hydroxylation is 1. The topological polar surface area (TPSA) is 90.9 Å². The summed E-state index contributed by atoms with van der Waals surface area (Å²) in [5.74, 6) is -0.0858. The number of aliphatic carboxylic acids is 1. The zero-order valence-electron chi connectivity index (χ0n) is 23.8. The first-order chi connectivity index (χ1) is 18.9. The largest absolute Gasteiger partial charge is 1.00 e. The maximum atomic E-state index is 13.3. The predicted molar refractivity (Wildman–Crippen MR) is 158 cm³/mol. The molecule has 0 fully saturated rings. The van der Waals surface area contributed by atoms with Crippen molar-refractivity contribution in [2.75, 3.05) is 12.0 Å². The molecule has 4 rings (SSSR count). The van der Waals surface area contributed by atoms with Crippen LogP contribution in [-0.2, 0) is 4.79 Å². The van der Waals surface area contributed by atoms with Crippen molar-refractivity contribution < 1.29 is 39.8 Å². The molecule has 3 aromatic rings. The van der Waals surface area contributed by atoms with Gasteiger partial charge in [-0.25, -0.2) is 4.79 Å². The minimum Gasteiger partial charge on any atom is -1.00 e. The van der Waals surface area contributed by atoms with E-state index in [9.17, 15) is 14.7 Å². The Morgan fingerprint density at radius 1 is 1.07 bits per heavy atom. The van der Waals surface area contributed by atoms with E-state index in [-0.39, 0.29) is 20.3 Å². The molecule has 1 aliphatic rings. The van der Waals surface area contributed by atoms with Crippen LogP contribution in [0.5, 0.6) is 5.75 Å². The number of rotatable bonds is 11. The maximum Gasteiger partial charge on any atom is 1.00 e. The maximum absolute atomic E-state index is 13.3. The van der Waals surface area contributed by atoms with Crippen LogP contribution in [0.15, 0.2) is 103 Å². The molecule has 1 atom stereocenters. The molecule has 0 spiro atoms. The summed E-state index contributed by atoms with van der Waals surface area (Å²) < 4.78 is 0. The summed E-state index contributed by atoms with van der Waals surface area (Å²) in [6, 6.07) is 21.9. The van der Waals surface area contributed by atoms with Crippen molar-refractivity contribution in [3.05, 3.63) is 120 Å². The number of amides is 1. The Morgan fingerprint density at radius 3 is 2.50 bits per heavy atom. The molecule has 0 radical (unpaired) electrons. The number of benzene rings is 3. The van der Waals surface area contributed by atoms with Gasteiger partial charge in [0.05, 0.1) is 6.20 Å². The number of para-hydroxylation sites is 1. The first-order valence-electron chi connectivity index (χ1n) is 12.5. The van der Waals surface area contributed by atoms with Crippen LogP contribution in [0, 0.1) is 6.92 Å². The number of carbonyl (C=O) groups excluding carboxylic acids is 1. The molecule has 1 aliphatic heterocycles. The number of carbonyl (C=O) groups is 2. The fourth-order valence-electron chi connectivity index (χ4n) is 4.02. The molecule has 40 heavy (non-hydrogen) atoms. The van der Waals surface area contributed by atoms with Gasteiger partial charge in [0.1, 0.15) is 6.04 Å². The fourth-order valence-corrected chi connectivity index (χ4v) is 4.49. The van der Waals surface area contributed by atoms with Crippen molar-refractivity contribution in [3.8, 4) is 16.9 Å². The van der Waals surface area contributed by atoms with Crippen molar-refractivity contribution in [1.82, 2.24) is 15.9 Å². The van der Waals surface area contributed by atoms with E-state index in [2.05, 4.69) is 10.7 Å². The molecule has 3 N–H and O–H groups in total. The van der Waals surface area contributed by atoms with Crippen molar-refractivity contribution in [1.29, 1.82) is 0 Å². The fraction of sp³-hybridized carbons (Fsp3) is 0.161. The number of carboxylic acids is 1. The van der Waals surface area contributed by atoms with Crippen LogP contribution in [0.3, 0.4) is 0 Å². The van der Waals surface area contributed by atoms with E-state index in [4.69, 9.17) is 4.84 Å². The Morgan fingerprint density at radius 2 is 1.82 bits per heavy atom. The van der Waals surface area contributed by atoms with Gasteiger partial charge in [-0.1, -0.05) is 60.7 Å². The standard InChI is InChI=1S/C31H31N3O4S.Li.H/c1-22-8-6-7-11-26(22)28-20-23(14-15-27(28)30(35)33-29(31(36)37)17-19-39-2)12-13-24-16-18-34(32-21-24)38-25-9-4-3-5-10-25;;/h3-16,18,20-21,29,32H,17,19H2,1-2H3,(H,33,35)(H,36,37);;/q;+1;-1/b13-12+;;. The summed E-state index contributed by atoms with van der Waals surface area (Å²) in [7, 11) is 0. The number of thioether (sulfide) groups is 1. The van der Waals surface area contributed by atoms with E-state index >= 15 is 0 Å². The first-order valence-corrected chi connectivity index (χ1v) is 13.9. The van der Waals surface area contributed by atoms with Gasteiger partial charge in [0.15, 0.2) is 5.75 Å². The van der Waals surface area contributed by atoms with Crippen molar-refractivity contribution >= 4 is 29.7 Å². The van der Waals surface area contributed by atoms with E-state index in [0.717, 1.165) is 27.8 Å². The molecule has 7 nitrogen and oxygen atoms in total. The number of hydroxylamine groups is 1. The molecule has 1 unspecified atom stereocenters. The molecule has 3 aromatic carbocycles. The molecule has 0 saturated heterocycles. The molecule has 0 aliphatic carbocycles. The number of nitrogens with one attached hydrogen (secondary N) is 2. The van der Waals surface area contributed by atoms with Gasteiger partial charge in [-0.2, -0.15) is 11.8 Å². The zero-order valence-corrected chi connectivity index (χ0v) is 23.7. The van der Waals surface area contributed by atoms with Crippen LogP contribution in [0.1, 0.15) is 29.3 Å². The summed E-state index contributed by atoms with van der Waals surface area (Å²) in [6.07, 6.45) is 11.7. The Balaban J connectivity index is 0.00000294. The number of carboxylic acid groups (broad SMARTS) is 1. The van der Waals surface area contributed by atoms with Gasteiger partial charge in [0.2, 0.25) is 0 Å². The summed E-state index contributed by atoms with van der Waals surface area (Å²) in [4.78, 5) is 30.7. The first kappa shape index (κ1) is 30.7. The van der Waals surface area contributed by atoms with E-state index in [1.807, 2.05) is 104 Å². The average molecular weight is 550 g/mol. The van der Waals surface area contributed by atoms with E-state index < -0.39 is 17.9 Å². The van der Waals surface area contributed by atoms with Gasteiger partial charge in [-0.15, -0.1) is 5.17 Å². The molecular formula is C31H32LiN3O4S. The quantitative estimate of drug-likeness (QED) is 0.317. The van der Waals surface area contributed by atoms with Crippen molar-refractivity contribution in [3.63, 3.8) is 0 Å². The second-order valence-electron chi connectivity index (χ2n) is 8.92. The second-order valence-corrected chi connectivity index (χ2v) is 9.90. The number of hydrazine groups is 1. The van der Waals surface area contributed by atoms with E-state index in [1.165, 1.54) is 5.17 Å². The smallest absolute Gasteiger partial charge is 1.00 e. The third-order valence-electron chi connectivity index (χ3n) is 6.11. The van der Waals surface area contributed by atoms with Crippen LogP contribution in [-0.4, -0.2) is 40.2 Å². The van der Waals surface area contributed by atoms with Crippen molar-refractivity contribution in [2.24, 2.45) is 0 Å². The third-order valence-corrected chi connectivity index (χ3v) is 6.76. The number of nitrogens with zero attached hydrogens (tertiary/aromatic N) is 1. The molecule has 0 bridgehead atoms. The summed E-state index contributed by atoms with van der Waals surface area (Å²) in [5, 5.41) is 13.8. The molecule has 1 amide bonds. The van der Waals surface area contributed by atoms with Gasteiger partial charge in [-0.05, 0) is 83.5 Å². The molecule has 0 saturated carbocycles. The molecule has 9 heteroatoms. The Kier molecular flexibility index (Phi) is 11.6.